The van der Waals surface area contributed by atoms with Crippen molar-refractivity contribution in [3.63, 3.8) is 0 Å². The van der Waals surface area contributed by atoms with Crippen molar-refractivity contribution in [3.8, 4) is 0 Å². The molecule has 0 saturated carbocycles. The van der Waals surface area contributed by atoms with E-state index in [2.05, 4.69) is 129 Å². The second-order valence-electron chi connectivity index (χ2n) is 13.0. The monoisotopic (exact) mass is 762 g/mol. The predicted octanol–water partition coefficient (Wildman–Crippen LogP) is 8.00. The van der Waals surface area contributed by atoms with Gasteiger partial charge in [-0.05, 0) is 87.0 Å². The number of benzene rings is 4. The second kappa shape index (κ2) is 28.4. The Kier molecular flexibility index (Phi) is 24.2. The van der Waals surface area contributed by atoms with E-state index in [9.17, 15) is 9.59 Å². The summed E-state index contributed by atoms with van der Waals surface area (Å²) < 4.78 is 0. The zero-order valence-electron chi connectivity index (χ0n) is 30.9. The van der Waals surface area contributed by atoms with Crippen LogP contribution in [0.3, 0.4) is 0 Å². The van der Waals surface area contributed by atoms with Crippen LogP contribution in [-0.2, 0) is 0 Å². The summed E-state index contributed by atoms with van der Waals surface area (Å²) >= 11 is 0. The van der Waals surface area contributed by atoms with Crippen LogP contribution in [0.4, 0.5) is 9.59 Å². The number of halogens is 2. The van der Waals surface area contributed by atoms with E-state index < -0.39 is 0 Å². The van der Waals surface area contributed by atoms with Crippen LogP contribution in [0.25, 0.3) is 0 Å². The van der Waals surface area contributed by atoms with E-state index in [4.69, 9.17) is 0 Å². The van der Waals surface area contributed by atoms with E-state index >= 15 is 0 Å². The molecule has 0 unspecified atom stereocenters. The molecule has 6 N–H and O–H groups in total. The number of carbonyl (C=O) groups is 2. The SMILES string of the molecule is Cl.Cl.O=C(NCCCNCCCCCNCCCNC(=O)NCCC(c1ccccc1)c1ccccc1)NCCC(c1ccccc1)c1ccccc1. The third kappa shape index (κ3) is 18.5. The summed E-state index contributed by atoms with van der Waals surface area (Å²) in [5.74, 6) is 0.510. The van der Waals surface area contributed by atoms with Gasteiger partial charge in [0.15, 0.2) is 0 Å². The van der Waals surface area contributed by atoms with E-state index in [0.29, 0.717) is 26.2 Å². The Hall–Kier alpha value is -4.08. The molecule has 4 rings (SSSR count). The van der Waals surface area contributed by atoms with Gasteiger partial charge in [0.2, 0.25) is 0 Å². The molecule has 0 spiro atoms. The first-order chi connectivity index (χ1) is 25.2. The van der Waals surface area contributed by atoms with Crippen molar-refractivity contribution in [2.45, 2.75) is 56.8 Å². The molecule has 0 bridgehead atoms. The molecule has 0 aliphatic carbocycles. The summed E-state index contributed by atoms with van der Waals surface area (Å²) in [5, 5.41) is 19.0. The van der Waals surface area contributed by atoms with Gasteiger partial charge in [-0.15, -0.1) is 24.8 Å². The van der Waals surface area contributed by atoms with Gasteiger partial charge in [-0.1, -0.05) is 128 Å². The number of hydrogen-bond donors (Lipinski definition) is 6. The first kappa shape index (κ1) is 45.1. The van der Waals surface area contributed by atoms with Crippen LogP contribution < -0.4 is 31.9 Å². The van der Waals surface area contributed by atoms with E-state index in [1.54, 1.807) is 0 Å². The Morgan fingerprint density at radius 3 is 0.962 bits per heavy atom. The summed E-state index contributed by atoms with van der Waals surface area (Å²) in [4.78, 5) is 24.6. The number of nitrogens with one attached hydrogen (secondary N) is 6. The Labute approximate surface area is 329 Å². The maximum Gasteiger partial charge on any atom is 0.314 e. The fraction of sp³-hybridized carbons (Fsp3) is 0.395. The van der Waals surface area contributed by atoms with E-state index in [-0.39, 0.29) is 48.7 Å². The van der Waals surface area contributed by atoms with Gasteiger partial charge in [-0.25, -0.2) is 9.59 Å². The van der Waals surface area contributed by atoms with E-state index in [1.165, 1.54) is 28.7 Å². The lowest BCUT2D eigenvalue weighted by molar-refractivity contribution is 0.239. The topological polar surface area (TPSA) is 106 Å². The van der Waals surface area contributed by atoms with Crippen molar-refractivity contribution in [2.24, 2.45) is 0 Å². The van der Waals surface area contributed by atoms with Gasteiger partial charge in [0, 0.05) is 38.0 Å². The highest BCUT2D eigenvalue weighted by atomic mass is 35.5. The first-order valence-corrected chi connectivity index (χ1v) is 18.9. The largest absolute Gasteiger partial charge is 0.338 e. The smallest absolute Gasteiger partial charge is 0.314 e. The molecule has 10 heteroatoms. The van der Waals surface area contributed by atoms with Crippen molar-refractivity contribution >= 4 is 36.9 Å². The lowest BCUT2D eigenvalue weighted by atomic mass is 9.88. The molecule has 0 aromatic heterocycles. The zero-order valence-corrected chi connectivity index (χ0v) is 32.6. The van der Waals surface area contributed by atoms with Gasteiger partial charge in [0.25, 0.3) is 0 Å². The lowest BCUT2D eigenvalue weighted by Crippen LogP contribution is -2.37. The highest BCUT2D eigenvalue weighted by molar-refractivity contribution is 5.85. The normalized spacial score (nSPS) is 10.6. The van der Waals surface area contributed by atoms with Gasteiger partial charge in [-0.2, -0.15) is 0 Å². The fourth-order valence-electron chi connectivity index (χ4n) is 6.34. The molecule has 8 nitrogen and oxygen atoms in total. The van der Waals surface area contributed by atoms with Gasteiger partial charge >= 0.3 is 12.1 Å². The average Bonchev–Trinajstić information content (AvgIpc) is 3.18. The molecule has 0 atom stereocenters. The number of rotatable bonds is 24. The molecular weight excluding hydrogens is 703 g/mol. The minimum atomic E-state index is -0.104. The molecule has 0 aliphatic heterocycles. The number of urea groups is 2. The summed E-state index contributed by atoms with van der Waals surface area (Å²) in [6.45, 7) is 6.31. The van der Waals surface area contributed by atoms with Gasteiger partial charge in [0.1, 0.15) is 0 Å². The van der Waals surface area contributed by atoms with Crippen LogP contribution in [0.2, 0.25) is 0 Å². The van der Waals surface area contributed by atoms with Crippen molar-refractivity contribution in [1.82, 2.24) is 31.9 Å². The molecule has 53 heavy (non-hydrogen) atoms. The lowest BCUT2D eigenvalue weighted by Gasteiger charge is -2.18. The molecule has 4 aromatic rings. The van der Waals surface area contributed by atoms with Crippen molar-refractivity contribution in [2.75, 3.05) is 52.4 Å². The van der Waals surface area contributed by atoms with Crippen LogP contribution in [0, 0.1) is 0 Å². The Morgan fingerprint density at radius 1 is 0.358 bits per heavy atom. The van der Waals surface area contributed by atoms with Gasteiger partial charge < -0.3 is 31.9 Å². The molecule has 0 saturated heterocycles. The summed E-state index contributed by atoms with van der Waals surface area (Å²) in [5.41, 5.74) is 5.07. The number of unbranched alkanes of at least 4 members (excludes halogenated alkanes) is 2. The van der Waals surface area contributed by atoms with Gasteiger partial charge in [0.05, 0.1) is 0 Å². The first-order valence-electron chi connectivity index (χ1n) is 18.9. The number of carbonyl (C=O) groups excluding carboxylic acids is 2. The molecule has 0 fully saturated rings. The second-order valence-corrected chi connectivity index (χ2v) is 13.0. The molecule has 288 valence electrons. The molecular formula is C43H60Cl2N6O2. The maximum absolute atomic E-state index is 12.3. The fourth-order valence-corrected chi connectivity index (χ4v) is 6.34. The van der Waals surface area contributed by atoms with E-state index in [1.807, 2.05) is 24.3 Å². The van der Waals surface area contributed by atoms with Crippen LogP contribution >= 0.6 is 24.8 Å². The Bertz CT molecular complexity index is 1290. The quantitative estimate of drug-likeness (QED) is 0.0407. The summed E-state index contributed by atoms with van der Waals surface area (Å²) in [7, 11) is 0. The molecule has 4 aromatic carbocycles. The molecule has 0 aliphatic rings. The highest BCUT2D eigenvalue weighted by Crippen LogP contribution is 2.28. The van der Waals surface area contributed by atoms with Crippen LogP contribution in [-0.4, -0.2) is 64.4 Å². The third-order valence-corrected chi connectivity index (χ3v) is 9.08. The summed E-state index contributed by atoms with van der Waals surface area (Å²) in [6, 6.07) is 41.7. The van der Waals surface area contributed by atoms with Gasteiger partial charge in [-0.3, -0.25) is 0 Å². The Morgan fingerprint density at radius 2 is 0.642 bits per heavy atom. The highest BCUT2D eigenvalue weighted by Gasteiger charge is 2.15. The third-order valence-electron chi connectivity index (χ3n) is 9.08. The predicted molar refractivity (Wildman–Crippen MR) is 225 cm³/mol. The minimum absolute atomic E-state index is 0. The average molecular weight is 764 g/mol. The van der Waals surface area contributed by atoms with Crippen molar-refractivity contribution in [3.05, 3.63) is 144 Å². The zero-order chi connectivity index (χ0) is 35.6. The van der Waals surface area contributed by atoms with Crippen LogP contribution in [0.1, 0.15) is 79.0 Å². The maximum atomic E-state index is 12.3. The number of hydrogen-bond acceptors (Lipinski definition) is 4. The van der Waals surface area contributed by atoms with Crippen LogP contribution in [0.5, 0.6) is 0 Å². The molecule has 0 heterocycles. The standard InChI is InChI=1S/C43H58N6O2.2ClH/c50-42(48-34-26-40(36-18-6-1-7-19-36)37-20-8-2-9-21-37)46-32-16-30-44-28-14-5-15-29-45-31-17-33-47-43(51)49-35-27-41(38-22-10-3-11-23-38)39-24-12-4-13-25-39;;/h1-4,6-13,18-25,40-41,44-45H,5,14-17,26-35H2,(H2,46,48,50)(H2,47,49,51);2*1H. The van der Waals surface area contributed by atoms with Crippen molar-refractivity contribution < 1.29 is 9.59 Å². The van der Waals surface area contributed by atoms with Crippen LogP contribution in [0.15, 0.2) is 121 Å². The summed E-state index contributed by atoms with van der Waals surface area (Å²) in [6.07, 6.45) is 6.94. The van der Waals surface area contributed by atoms with E-state index in [0.717, 1.165) is 64.7 Å². The number of amides is 4. The van der Waals surface area contributed by atoms with Crippen molar-refractivity contribution in [1.29, 1.82) is 0 Å². The molecule has 0 radical (unpaired) electrons. The molecule has 4 amide bonds. The Balaban J connectivity index is 0.00000486. The minimum Gasteiger partial charge on any atom is -0.338 e.